The molecule has 1 aliphatic heterocycles. The Morgan fingerprint density at radius 1 is 0.783 bits per heavy atom. The van der Waals surface area contributed by atoms with Gasteiger partial charge in [-0.3, -0.25) is 14.6 Å². The molecule has 0 unspecified atom stereocenters. The highest BCUT2D eigenvalue weighted by Crippen LogP contribution is 2.31. The van der Waals surface area contributed by atoms with E-state index in [-0.39, 0.29) is 47.3 Å². The van der Waals surface area contributed by atoms with Crippen LogP contribution in [0.5, 0.6) is 0 Å². The summed E-state index contributed by atoms with van der Waals surface area (Å²) in [5, 5.41) is 0.356. The number of anilines is 1. The van der Waals surface area contributed by atoms with Crippen molar-refractivity contribution in [2.45, 2.75) is 17.5 Å². The van der Waals surface area contributed by atoms with Crippen LogP contribution in [0, 0.1) is 11.6 Å². The van der Waals surface area contributed by atoms with E-state index >= 15 is 0 Å². The van der Waals surface area contributed by atoms with Gasteiger partial charge in [0.25, 0.3) is 21.8 Å². The predicted molar refractivity (Wildman–Crippen MR) is 153 cm³/mol. The molecule has 1 fully saturated rings. The van der Waals surface area contributed by atoms with Gasteiger partial charge in [0.1, 0.15) is 4.90 Å². The molecule has 2 amide bonds. The van der Waals surface area contributed by atoms with Crippen LogP contribution in [0.3, 0.4) is 0 Å². The molecule has 0 N–H and O–H groups in total. The van der Waals surface area contributed by atoms with E-state index in [2.05, 4.69) is 9.82 Å². The number of pyridine rings is 1. The molecule has 1 aliphatic rings. The molecule has 46 heavy (non-hydrogen) atoms. The third kappa shape index (κ3) is 6.61. The lowest BCUT2D eigenvalue weighted by atomic mass is 10.2. The largest absolute Gasteiger partial charge is 0.493 e. The van der Waals surface area contributed by atoms with Crippen molar-refractivity contribution >= 4 is 44.4 Å². The Balaban J connectivity index is 1.37. The normalized spacial score (nSPS) is 14.1. The summed E-state index contributed by atoms with van der Waals surface area (Å²) in [4.78, 5) is 48.6. The van der Waals surface area contributed by atoms with Crippen molar-refractivity contribution in [3.05, 3.63) is 102 Å². The van der Waals surface area contributed by atoms with Gasteiger partial charge in [-0.15, -0.1) is 0 Å². The minimum Gasteiger partial charge on any atom is -0.337 e. The molecule has 2 heterocycles. The highest BCUT2D eigenvalue weighted by Gasteiger charge is 2.45. The number of carbonyl (C=O) groups excluding carboxylic acids is 3. The Morgan fingerprint density at radius 2 is 1.39 bits per heavy atom. The fraction of sp³-hybridized carbons (Fsp3) is 0.200. The number of rotatable bonds is 6. The van der Waals surface area contributed by atoms with Gasteiger partial charge < -0.3 is 14.6 Å². The van der Waals surface area contributed by atoms with E-state index in [4.69, 9.17) is 0 Å². The van der Waals surface area contributed by atoms with Crippen molar-refractivity contribution in [1.82, 2.24) is 14.8 Å². The van der Waals surface area contributed by atoms with E-state index in [0.717, 1.165) is 48.5 Å². The van der Waals surface area contributed by atoms with Crippen molar-refractivity contribution in [3.63, 3.8) is 0 Å². The molecule has 4 aromatic rings. The van der Waals surface area contributed by atoms with Crippen LogP contribution in [0.15, 0.2) is 83.9 Å². The van der Waals surface area contributed by atoms with Gasteiger partial charge in [-0.25, -0.2) is 13.6 Å². The number of hydrogen-bond donors (Lipinski definition) is 0. The second kappa shape index (κ2) is 12.7. The number of amides is 2. The van der Waals surface area contributed by atoms with Gasteiger partial charge in [0.15, 0.2) is 11.6 Å². The minimum absolute atomic E-state index is 0.0236. The lowest BCUT2D eigenvalue weighted by Gasteiger charge is -2.24. The third-order valence-corrected chi connectivity index (χ3v) is 8.66. The lowest BCUT2D eigenvalue weighted by Crippen LogP contribution is -2.39. The van der Waals surface area contributed by atoms with Gasteiger partial charge >= 0.3 is 12.1 Å². The molecule has 0 saturated carbocycles. The Labute approximate surface area is 258 Å². The van der Waals surface area contributed by atoms with Crippen LogP contribution in [-0.2, 0) is 19.7 Å². The van der Waals surface area contributed by atoms with Gasteiger partial charge in [0, 0.05) is 48.9 Å². The van der Waals surface area contributed by atoms with Crippen LogP contribution in [0.1, 0.15) is 27.1 Å². The highest BCUT2D eigenvalue weighted by atomic mass is 32.2. The molecule has 5 rings (SSSR count). The van der Waals surface area contributed by atoms with Crippen LogP contribution in [0.2, 0.25) is 0 Å². The van der Waals surface area contributed by atoms with E-state index in [1.807, 2.05) is 0 Å². The number of carbonyl (C=O) groups is 3. The zero-order valence-electron chi connectivity index (χ0n) is 23.6. The van der Waals surface area contributed by atoms with Crippen molar-refractivity contribution in [2.24, 2.45) is 0 Å². The number of halogens is 5. The highest BCUT2D eigenvalue weighted by molar-refractivity contribution is 7.92. The fourth-order valence-corrected chi connectivity index (χ4v) is 6.19. The number of para-hydroxylation sites is 1. The molecule has 1 aromatic heterocycles. The van der Waals surface area contributed by atoms with E-state index in [1.54, 1.807) is 0 Å². The molecule has 0 bridgehead atoms. The quantitative estimate of drug-likeness (QED) is 0.217. The summed E-state index contributed by atoms with van der Waals surface area (Å²) in [5.41, 5.74) is -0.626. The molecule has 1 saturated heterocycles. The van der Waals surface area contributed by atoms with E-state index in [0.29, 0.717) is 11.8 Å². The van der Waals surface area contributed by atoms with E-state index < -0.39 is 56.2 Å². The van der Waals surface area contributed by atoms with Crippen molar-refractivity contribution in [3.8, 4) is 0 Å². The number of nitrogens with zero attached hydrogens (tertiary/aromatic N) is 4. The number of sulfonamides is 1. The topological polar surface area (TPSA) is 117 Å². The predicted octanol–water partition coefficient (Wildman–Crippen LogP) is 4.72. The summed E-state index contributed by atoms with van der Waals surface area (Å²) in [7, 11) is -4.99. The molecule has 16 heteroatoms. The second-order valence-electron chi connectivity index (χ2n) is 10.1. The van der Waals surface area contributed by atoms with Gasteiger partial charge in [-0.1, -0.05) is 22.7 Å². The number of fused-ring (bicyclic) bond motifs is 1. The lowest BCUT2D eigenvalue weighted by molar-refractivity contribution is -0.199. The Bertz CT molecular complexity index is 1920. The maximum atomic E-state index is 13.6. The summed E-state index contributed by atoms with van der Waals surface area (Å²) in [6.07, 6.45) is -3.90. The monoisotopic (exact) mass is 662 g/mol. The van der Waals surface area contributed by atoms with Crippen LogP contribution in [0.25, 0.3) is 10.9 Å². The molecule has 0 aliphatic carbocycles. The SMILES string of the molecule is O=C(c1ccc(N(OC(=O)C(F)(F)F)S(=O)(=O)c2cccc3cccnc23)cc1)N1CCCN(C(=O)c2ccc(F)c(F)c2)CC1. The molecular formula is C30H23F5N4O6S. The molecule has 10 nitrogen and oxygen atoms in total. The fourth-order valence-electron chi connectivity index (χ4n) is 4.78. The standard InChI is InChI=1S/C30H23F5N4O6S/c31-23-12-9-21(18-24(23)32)28(41)38-15-3-14-37(16-17-38)27(40)20-7-10-22(11-8-20)39(45-29(42)30(33,34)35)46(43,44)25-6-1-4-19-5-2-13-36-26(19)25/h1-2,4-13,18H,3,14-17H2. The summed E-state index contributed by atoms with van der Waals surface area (Å²) in [5.74, 6) is -6.15. The van der Waals surface area contributed by atoms with Gasteiger partial charge in [-0.2, -0.15) is 21.6 Å². The molecule has 0 spiro atoms. The summed E-state index contributed by atoms with van der Waals surface area (Å²) in [6, 6.07) is 14.1. The summed E-state index contributed by atoms with van der Waals surface area (Å²) >= 11 is 0. The summed E-state index contributed by atoms with van der Waals surface area (Å²) in [6.45, 7) is 0.564. The maximum Gasteiger partial charge on any atom is 0.493 e. The first-order valence-corrected chi connectivity index (χ1v) is 15.0. The Morgan fingerprint density at radius 3 is 2.02 bits per heavy atom. The first-order valence-electron chi connectivity index (χ1n) is 13.6. The molecule has 0 atom stereocenters. The average molecular weight is 663 g/mol. The smallest absolute Gasteiger partial charge is 0.337 e. The molecular weight excluding hydrogens is 639 g/mol. The number of benzene rings is 3. The number of aromatic nitrogens is 1. The van der Waals surface area contributed by atoms with Gasteiger partial charge in [0.05, 0.1) is 11.2 Å². The van der Waals surface area contributed by atoms with E-state index in [9.17, 15) is 44.8 Å². The number of alkyl halides is 3. The second-order valence-corrected chi connectivity index (χ2v) is 11.8. The number of hydrogen-bond acceptors (Lipinski definition) is 7. The molecule has 3 aromatic carbocycles. The zero-order valence-corrected chi connectivity index (χ0v) is 24.4. The Hall–Kier alpha value is -5.12. The van der Waals surface area contributed by atoms with Crippen LogP contribution in [0.4, 0.5) is 27.6 Å². The minimum atomic E-state index is -5.53. The van der Waals surface area contributed by atoms with Crippen molar-refractivity contribution in [1.29, 1.82) is 0 Å². The average Bonchev–Trinajstić information content (AvgIpc) is 3.30. The summed E-state index contributed by atoms with van der Waals surface area (Å²) < 4.78 is 93.5. The first-order chi connectivity index (χ1) is 21.8. The molecule has 0 radical (unpaired) electrons. The zero-order chi connectivity index (χ0) is 33.2. The van der Waals surface area contributed by atoms with Gasteiger partial charge in [0.2, 0.25) is 0 Å². The Kier molecular flexibility index (Phi) is 8.92. The van der Waals surface area contributed by atoms with Gasteiger partial charge in [-0.05, 0) is 61.0 Å². The molecule has 240 valence electrons. The third-order valence-electron chi connectivity index (χ3n) is 7.05. The van der Waals surface area contributed by atoms with Crippen molar-refractivity contribution < 1.29 is 49.6 Å². The van der Waals surface area contributed by atoms with Crippen LogP contribution in [-0.4, -0.2) is 73.3 Å². The van der Waals surface area contributed by atoms with Crippen LogP contribution < -0.4 is 4.47 Å². The maximum absolute atomic E-state index is 13.6. The first kappa shape index (κ1) is 32.3. The van der Waals surface area contributed by atoms with Crippen molar-refractivity contribution in [2.75, 3.05) is 30.6 Å². The van der Waals surface area contributed by atoms with Crippen LogP contribution >= 0.6 is 0 Å². The van der Waals surface area contributed by atoms with E-state index in [1.165, 1.54) is 40.3 Å².